The van der Waals surface area contributed by atoms with Crippen molar-refractivity contribution in [3.05, 3.63) is 35.3 Å². The van der Waals surface area contributed by atoms with Crippen molar-refractivity contribution < 1.29 is 9.52 Å². The highest BCUT2D eigenvalue weighted by Crippen LogP contribution is 2.04. The summed E-state index contributed by atoms with van der Waals surface area (Å²) in [6, 6.07) is 3.23. The van der Waals surface area contributed by atoms with E-state index in [1.165, 1.54) is 37.4 Å². The second-order valence-corrected chi connectivity index (χ2v) is 4.32. The lowest BCUT2D eigenvalue weighted by Crippen LogP contribution is -2.33. The van der Waals surface area contributed by atoms with Gasteiger partial charge in [0.15, 0.2) is 12.4 Å². The molecular weight excluding hydrogens is 216 g/mol. The molecule has 17 heavy (non-hydrogen) atoms. The Bertz CT molecular complexity index is 349. The molecule has 1 heterocycles. The largest absolute Gasteiger partial charge is 0.619 e. The number of carbonyl (C=O) groups is 1. The standard InChI is InChI=1S/C13H20N2O2/c1-3-4-5-6-11(2)14-13(16)12-7-9-15(17)10-8-12/h7-11H,3-6H2,1-2H3,(H,14,16). The van der Waals surface area contributed by atoms with E-state index in [0.29, 0.717) is 10.3 Å². The number of amides is 1. The molecule has 0 saturated carbocycles. The van der Waals surface area contributed by atoms with Gasteiger partial charge in [-0.3, -0.25) is 4.79 Å². The Morgan fingerprint density at radius 3 is 2.65 bits per heavy atom. The summed E-state index contributed by atoms with van der Waals surface area (Å²) in [5, 5.41) is 13.8. The molecule has 1 rings (SSSR count). The zero-order chi connectivity index (χ0) is 12.7. The smallest absolute Gasteiger partial charge is 0.251 e. The van der Waals surface area contributed by atoms with Gasteiger partial charge in [0, 0.05) is 18.2 Å². The van der Waals surface area contributed by atoms with Crippen molar-refractivity contribution >= 4 is 5.91 Å². The summed E-state index contributed by atoms with van der Waals surface area (Å²) in [6.07, 6.45) is 7.17. The molecule has 0 radical (unpaired) electrons. The molecule has 1 aromatic rings. The van der Waals surface area contributed by atoms with Crippen LogP contribution in [-0.2, 0) is 0 Å². The van der Waals surface area contributed by atoms with Crippen LogP contribution in [0.5, 0.6) is 0 Å². The molecule has 0 aliphatic heterocycles. The van der Waals surface area contributed by atoms with Crippen LogP contribution in [0.3, 0.4) is 0 Å². The highest BCUT2D eigenvalue weighted by Gasteiger charge is 2.10. The average molecular weight is 236 g/mol. The summed E-state index contributed by atoms with van der Waals surface area (Å²) in [4.78, 5) is 11.8. The average Bonchev–Trinajstić information content (AvgIpc) is 2.30. The number of rotatable bonds is 6. The summed E-state index contributed by atoms with van der Waals surface area (Å²) in [7, 11) is 0. The van der Waals surface area contributed by atoms with Crippen LogP contribution in [0.15, 0.2) is 24.5 Å². The van der Waals surface area contributed by atoms with Crippen molar-refractivity contribution in [3.8, 4) is 0 Å². The molecular formula is C13H20N2O2. The third-order valence-electron chi connectivity index (χ3n) is 2.68. The van der Waals surface area contributed by atoms with E-state index in [9.17, 15) is 10.0 Å². The van der Waals surface area contributed by atoms with Gasteiger partial charge in [-0.25, -0.2) is 0 Å². The van der Waals surface area contributed by atoms with E-state index in [4.69, 9.17) is 0 Å². The fraction of sp³-hybridized carbons (Fsp3) is 0.538. The molecule has 4 heteroatoms. The van der Waals surface area contributed by atoms with Crippen molar-refractivity contribution in [2.75, 3.05) is 0 Å². The van der Waals surface area contributed by atoms with Crippen molar-refractivity contribution in [3.63, 3.8) is 0 Å². The number of hydrogen-bond acceptors (Lipinski definition) is 2. The number of pyridine rings is 1. The molecule has 1 N–H and O–H groups in total. The molecule has 0 aliphatic rings. The Morgan fingerprint density at radius 2 is 2.06 bits per heavy atom. The quantitative estimate of drug-likeness (QED) is 0.466. The summed E-state index contributed by atoms with van der Waals surface area (Å²) in [6.45, 7) is 4.16. The Hall–Kier alpha value is -1.58. The van der Waals surface area contributed by atoms with E-state index in [0.717, 1.165) is 12.8 Å². The van der Waals surface area contributed by atoms with Gasteiger partial charge in [0.05, 0.1) is 5.56 Å². The van der Waals surface area contributed by atoms with Gasteiger partial charge in [-0.15, -0.1) is 0 Å². The predicted molar refractivity (Wildman–Crippen MR) is 66.5 cm³/mol. The van der Waals surface area contributed by atoms with Crippen molar-refractivity contribution in [2.45, 2.75) is 45.6 Å². The molecule has 1 aromatic heterocycles. The topological polar surface area (TPSA) is 56.0 Å². The van der Waals surface area contributed by atoms with Crippen LogP contribution in [0, 0.1) is 5.21 Å². The number of carbonyl (C=O) groups excluding carboxylic acids is 1. The Balaban J connectivity index is 2.40. The minimum Gasteiger partial charge on any atom is -0.619 e. The van der Waals surface area contributed by atoms with Gasteiger partial charge in [-0.05, 0) is 13.3 Å². The van der Waals surface area contributed by atoms with Gasteiger partial charge in [-0.2, -0.15) is 4.73 Å². The number of hydrogen-bond donors (Lipinski definition) is 1. The molecule has 0 saturated heterocycles. The van der Waals surface area contributed by atoms with E-state index in [1.54, 1.807) is 0 Å². The minimum absolute atomic E-state index is 0.116. The maximum absolute atomic E-state index is 11.8. The van der Waals surface area contributed by atoms with Gasteiger partial charge >= 0.3 is 0 Å². The maximum Gasteiger partial charge on any atom is 0.251 e. The van der Waals surface area contributed by atoms with Gasteiger partial charge in [0.2, 0.25) is 0 Å². The molecule has 1 atom stereocenters. The van der Waals surface area contributed by atoms with E-state index < -0.39 is 0 Å². The predicted octanol–water partition coefficient (Wildman–Crippen LogP) is 2.02. The molecule has 1 unspecified atom stereocenters. The summed E-state index contributed by atoms with van der Waals surface area (Å²) < 4.78 is 0.668. The fourth-order valence-corrected chi connectivity index (χ4v) is 1.64. The van der Waals surface area contributed by atoms with Crippen LogP contribution in [0.2, 0.25) is 0 Å². The van der Waals surface area contributed by atoms with Crippen LogP contribution < -0.4 is 10.0 Å². The fourth-order valence-electron chi connectivity index (χ4n) is 1.64. The van der Waals surface area contributed by atoms with Crippen LogP contribution >= 0.6 is 0 Å². The Labute approximate surface area is 102 Å². The Kier molecular flexibility index (Phi) is 5.46. The molecule has 0 spiro atoms. The van der Waals surface area contributed by atoms with Crippen molar-refractivity contribution in [2.24, 2.45) is 0 Å². The molecule has 0 aromatic carbocycles. The monoisotopic (exact) mass is 236 g/mol. The first-order valence-corrected chi connectivity index (χ1v) is 6.13. The molecule has 4 nitrogen and oxygen atoms in total. The van der Waals surface area contributed by atoms with Crippen LogP contribution in [0.25, 0.3) is 0 Å². The lowest BCUT2D eigenvalue weighted by Gasteiger charge is -2.13. The van der Waals surface area contributed by atoms with Gasteiger partial charge in [0.1, 0.15) is 0 Å². The summed E-state index contributed by atoms with van der Waals surface area (Å²) in [5.74, 6) is -0.116. The van der Waals surface area contributed by atoms with E-state index in [2.05, 4.69) is 12.2 Å². The summed E-state index contributed by atoms with van der Waals surface area (Å²) >= 11 is 0. The normalized spacial score (nSPS) is 12.1. The first-order valence-electron chi connectivity index (χ1n) is 6.13. The SMILES string of the molecule is CCCCCC(C)NC(=O)c1cc[n+]([O-])cc1. The van der Waals surface area contributed by atoms with Crippen LogP contribution in [0.4, 0.5) is 0 Å². The molecule has 1 amide bonds. The number of nitrogens with zero attached hydrogens (tertiary/aromatic N) is 1. The zero-order valence-electron chi connectivity index (χ0n) is 10.5. The van der Waals surface area contributed by atoms with Gasteiger partial charge in [-0.1, -0.05) is 26.2 Å². The second-order valence-electron chi connectivity index (χ2n) is 4.32. The minimum atomic E-state index is -0.116. The number of unbranched alkanes of at least 4 members (excludes halogenated alkanes) is 2. The van der Waals surface area contributed by atoms with E-state index >= 15 is 0 Å². The number of nitrogens with one attached hydrogen (secondary N) is 1. The van der Waals surface area contributed by atoms with Crippen molar-refractivity contribution in [1.82, 2.24) is 5.32 Å². The summed E-state index contributed by atoms with van der Waals surface area (Å²) in [5.41, 5.74) is 0.527. The highest BCUT2D eigenvalue weighted by molar-refractivity contribution is 5.94. The van der Waals surface area contributed by atoms with Crippen LogP contribution in [0.1, 0.15) is 49.9 Å². The van der Waals surface area contributed by atoms with Gasteiger partial charge < -0.3 is 10.5 Å². The maximum atomic E-state index is 11.8. The van der Waals surface area contributed by atoms with E-state index in [-0.39, 0.29) is 11.9 Å². The second kappa shape index (κ2) is 6.89. The zero-order valence-corrected chi connectivity index (χ0v) is 10.5. The molecule has 0 fully saturated rings. The first-order chi connectivity index (χ1) is 8.13. The van der Waals surface area contributed by atoms with Gasteiger partial charge in [0.25, 0.3) is 5.91 Å². The molecule has 0 aliphatic carbocycles. The lowest BCUT2D eigenvalue weighted by molar-refractivity contribution is -0.605. The van der Waals surface area contributed by atoms with Crippen LogP contribution in [-0.4, -0.2) is 11.9 Å². The third kappa shape index (κ3) is 4.85. The number of aromatic nitrogens is 1. The Morgan fingerprint density at radius 1 is 1.41 bits per heavy atom. The third-order valence-corrected chi connectivity index (χ3v) is 2.68. The van der Waals surface area contributed by atoms with E-state index in [1.807, 2.05) is 6.92 Å². The lowest BCUT2D eigenvalue weighted by atomic mass is 10.1. The highest BCUT2D eigenvalue weighted by atomic mass is 16.5. The van der Waals surface area contributed by atoms with Crippen molar-refractivity contribution in [1.29, 1.82) is 0 Å². The molecule has 94 valence electrons. The first kappa shape index (κ1) is 13.5. The molecule has 0 bridgehead atoms.